The van der Waals surface area contributed by atoms with Crippen LogP contribution in [0.15, 0.2) is 79.0 Å². The first-order valence-electron chi connectivity index (χ1n) is 11.6. The Bertz CT molecular complexity index is 1440. The zero-order valence-corrected chi connectivity index (χ0v) is 20.0. The number of benzene rings is 3. The zero-order valence-electron chi connectivity index (χ0n) is 20.0. The number of carbonyl (C=O) groups excluding carboxylic acids is 2. The van der Waals surface area contributed by atoms with Crippen LogP contribution in [0.1, 0.15) is 37.5 Å². The Morgan fingerprint density at radius 2 is 1.69 bits per heavy atom. The number of hydrogen-bond acceptors (Lipinski definition) is 3. The summed E-state index contributed by atoms with van der Waals surface area (Å²) in [6.45, 7) is 4.46. The van der Waals surface area contributed by atoms with E-state index in [0.29, 0.717) is 29.1 Å². The van der Waals surface area contributed by atoms with Crippen molar-refractivity contribution in [2.45, 2.75) is 20.3 Å². The molecule has 0 aliphatic carbocycles. The Morgan fingerprint density at radius 1 is 0.886 bits per heavy atom. The number of aryl methyl sites for hydroxylation is 1. The number of ether oxygens (including phenoxy) is 1. The first-order valence-corrected chi connectivity index (χ1v) is 11.6. The summed E-state index contributed by atoms with van der Waals surface area (Å²) in [6.07, 6.45) is 2.76. The molecule has 1 N–H and O–H groups in total. The fourth-order valence-corrected chi connectivity index (χ4v) is 4.60. The lowest BCUT2D eigenvalue weighted by atomic mass is 10.0. The molecule has 0 atom stereocenters. The number of rotatable bonds is 4. The van der Waals surface area contributed by atoms with Crippen molar-refractivity contribution in [1.82, 2.24) is 4.57 Å². The van der Waals surface area contributed by atoms with Gasteiger partial charge in [0.15, 0.2) is 0 Å². The van der Waals surface area contributed by atoms with E-state index < -0.39 is 0 Å². The molecule has 1 aliphatic rings. The second-order valence-electron chi connectivity index (χ2n) is 8.68. The van der Waals surface area contributed by atoms with Gasteiger partial charge in [-0.2, -0.15) is 0 Å². The van der Waals surface area contributed by atoms with Crippen molar-refractivity contribution in [1.29, 1.82) is 0 Å². The number of hydrogen-bond donors (Lipinski definition) is 1. The number of nitrogens with zero attached hydrogens (tertiary/aromatic N) is 2. The highest BCUT2D eigenvalue weighted by Crippen LogP contribution is 2.33. The minimum Gasteiger partial charge on any atom is -0.496 e. The van der Waals surface area contributed by atoms with Crippen molar-refractivity contribution in [3.8, 4) is 11.4 Å². The molecular weight excluding hydrogens is 438 g/mol. The molecule has 35 heavy (non-hydrogen) atoms. The quantitative estimate of drug-likeness (QED) is 0.429. The Morgan fingerprint density at radius 3 is 2.49 bits per heavy atom. The third-order valence-electron chi connectivity index (χ3n) is 6.64. The zero-order chi connectivity index (χ0) is 24.5. The molecule has 4 aromatic rings. The largest absolute Gasteiger partial charge is 0.496 e. The number of anilines is 2. The van der Waals surface area contributed by atoms with Gasteiger partial charge in [0.05, 0.1) is 24.0 Å². The SMILES string of the molecule is COc1cc(NC(=O)c2cccc(C)c2C)ccc1C(=O)N1CCc2cccn2-c2ccccc21. The predicted molar refractivity (Wildman–Crippen MR) is 138 cm³/mol. The molecule has 6 nitrogen and oxygen atoms in total. The van der Waals surface area contributed by atoms with E-state index in [1.165, 1.54) is 7.11 Å². The highest BCUT2D eigenvalue weighted by molar-refractivity contribution is 6.10. The van der Waals surface area contributed by atoms with E-state index in [4.69, 9.17) is 4.74 Å². The molecular formula is C29H27N3O3. The Kier molecular flexibility index (Phi) is 5.87. The van der Waals surface area contributed by atoms with Crippen LogP contribution in [-0.4, -0.2) is 30.0 Å². The van der Waals surface area contributed by atoms with Gasteiger partial charge in [0, 0.05) is 42.2 Å². The monoisotopic (exact) mass is 465 g/mol. The van der Waals surface area contributed by atoms with Crippen molar-refractivity contribution < 1.29 is 14.3 Å². The van der Waals surface area contributed by atoms with Gasteiger partial charge in [0.1, 0.15) is 5.75 Å². The van der Waals surface area contributed by atoms with Crippen LogP contribution in [0.25, 0.3) is 5.69 Å². The molecule has 0 saturated carbocycles. The predicted octanol–water partition coefficient (Wildman–Crippen LogP) is 5.56. The number of carbonyl (C=O) groups is 2. The Hall–Kier alpha value is -4.32. The van der Waals surface area contributed by atoms with E-state index in [-0.39, 0.29) is 11.8 Å². The number of fused-ring (bicyclic) bond motifs is 3. The van der Waals surface area contributed by atoms with E-state index in [1.807, 2.05) is 62.5 Å². The van der Waals surface area contributed by atoms with Gasteiger partial charge in [0.2, 0.25) is 0 Å². The summed E-state index contributed by atoms with van der Waals surface area (Å²) in [5, 5.41) is 2.93. The van der Waals surface area contributed by atoms with Gasteiger partial charge in [-0.05, 0) is 67.4 Å². The van der Waals surface area contributed by atoms with E-state index in [1.54, 1.807) is 29.2 Å². The summed E-state index contributed by atoms with van der Waals surface area (Å²) in [5.74, 6) is 0.0678. The highest BCUT2D eigenvalue weighted by Gasteiger charge is 2.26. The third kappa shape index (κ3) is 4.08. The topological polar surface area (TPSA) is 63.6 Å². The number of amides is 2. The van der Waals surface area contributed by atoms with Crippen LogP contribution in [0.3, 0.4) is 0 Å². The molecule has 176 valence electrons. The van der Waals surface area contributed by atoms with Crippen LogP contribution in [0.5, 0.6) is 5.75 Å². The fraction of sp³-hybridized carbons (Fsp3) is 0.172. The third-order valence-corrected chi connectivity index (χ3v) is 6.64. The lowest BCUT2D eigenvalue weighted by Gasteiger charge is -2.24. The van der Waals surface area contributed by atoms with Crippen LogP contribution >= 0.6 is 0 Å². The molecule has 0 saturated heterocycles. The maximum atomic E-state index is 13.8. The molecule has 0 unspecified atom stereocenters. The second kappa shape index (κ2) is 9.14. The number of methoxy groups -OCH3 is 1. The first-order chi connectivity index (χ1) is 17.0. The summed E-state index contributed by atoms with van der Waals surface area (Å²) < 4.78 is 7.72. The van der Waals surface area contributed by atoms with Crippen molar-refractivity contribution in [2.75, 3.05) is 23.9 Å². The number of aromatic nitrogens is 1. The average Bonchev–Trinajstić information content (AvgIpc) is 3.28. The van der Waals surface area contributed by atoms with Gasteiger partial charge in [-0.15, -0.1) is 0 Å². The fourth-order valence-electron chi connectivity index (χ4n) is 4.60. The Balaban J connectivity index is 1.45. The molecule has 0 spiro atoms. The summed E-state index contributed by atoms with van der Waals surface area (Å²) in [6, 6.07) is 22.8. The maximum absolute atomic E-state index is 13.8. The molecule has 0 fully saturated rings. The van der Waals surface area contributed by atoms with Gasteiger partial charge >= 0.3 is 0 Å². The molecule has 0 bridgehead atoms. The van der Waals surface area contributed by atoms with Crippen molar-refractivity contribution >= 4 is 23.2 Å². The van der Waals surface area contributed by atoms with Gasteiger partial charge in [-0.25, -0.2) is 0 Å². The molecule has 6 heteroatoms. The maximum Gasteiger partial charge on any atom is 0.262 e. The Labute approximate surface area is 204 Å². The van der Waals surface area contributed by atoms with Gasteiger partial charge in [-0.1, -0.05) is 24.3 Å². The van der Waals surface area contributed by atoms with E-state index >= 15 is 0 Å². The first kappa shape index (κ1) is 22.5. The van der Waals surface area contributed by atoms with Crippen LogP contribution in [0.4, 0.5) is 11.4 Å². The van der Waals surface area contributed by atoms with Crippen molar-refractivity contribution in [3.63, 3.8) is 0 Å². The molecule has 1 aromatic heterocycles. The van der Waals surface area contributed by atoms with Gasteiger partial charge in [0.25, 0.3) is 11.8 Å². The van der Waals surface area contributed by atoms with Gasteiger partial charge in [-0.3, -0.25) is 9.59 Å². The minimum atomic E-state index is -0.198. The average molecular weight is 466 g/mol. The summed E-state index contributed by atoms with van der Waals surface area (Å²) >= 11 is 0. The summed E-state index contributed by atoms with van der Waals surface area (Å²) in [5.41, 5.74) is 6.60. The lowest BCUT2D eigenvalue weighted by Crippen LogP contribution is -2.32. The van der Waals surface area contributed by atoms with Crippen LogP contribution in [0.2, 0.25) is 0 Å². The molecule has 3 aromatic carbocycles. The van der Waals surface area contributed by atoms with E-state index in [9.17, 15) is 9.59 Å². The van der Waals surface area contributed by atoms with Crippen LogP contribution in [0, 0.1) is 13.8 Å². The highest BCUT2D eigenvalue weighted by atomic mass is 16.5. The molecule has 5 rings (SSSR count). The summed E-state index contributed by atoms with van der Waals surface area (Å²) in [4.78, 5) is 28.4. The van der Waals surface area contributed by atoms with Gasteiger partial charge < -0.3 is 19.5 Å². The van der Waals surface area contributed by atoms with Crippen molar-refractivity contribution in [3.05, 3.63) is 107 Å². The molecule has 0 radical (unpaired) electrons. The lowest BCUT2D eigenvalue weighted by molar-refractivity contribution is 0.0983. The summed E-state index contributed by atoms with van der Waals surface area (Å²) in [7, 11) is 1.53. The van der Waals surface area contributed by atoms with Crippen molar-refractivity contribution in [2.24, 2.45) is 0 Å². The normalized spacial score (nSPS) is 12.4. The van der Waals surface area contributed by atoms with Crippen LogP contribution < -0.4 is 15.0 Å². The minimum absolute atomic E-state index is 0.146. The van der Waals surface area contributed by atoms with E-state index in [0.717, 1.165) is 34.6 Å². The number of para-hydroxylation sites is 2. The number of nitrogens with one attached hydrogen (secondary N) is 1. The molecule has 1 aliphatic heterocycles. The van der Waals surface area contributed by atoms with E-state index in [2.05, 4.69) is 16.0 Å². The second-order valence-corrected chi connectivity index (χ2v) is 8.68. The smallest absolute Gasteiger partial charge is 0.262 e. The molecule has 2 heterocycles. The molecule has 2 amide bonds. The van der Waals surface area contributed by atoms with Crippen LogP contribution in [-0.2, 0) is 6.42 Å². The standard InChI is InChI=1S/C29H27N3O3/c1-19-8-6-10-23(20(19)2)28(33)30-21-13-14-24(27(18-21)35-3)29(34)32-17-15-22-9-7-16-31(22)25-11-4-5-12-26(25)32/h4-14,16,18H,15,17H2,1-3H3,(H,30,33).